The molecule has 0 bridgehead atoms. The zero-order chi connectivity index (χ0) is 19.3. The summed E-state index contributed by atoms with van der Waals surface area (Å²) >= 11 is 0. The van der Waals surface area contributed by atoms with Crippen molar-refractivity contribution < 1.29 is 4.79 Å². The number of aromatic nitrogens is 2. The van der Waals surface area contributed by atoms with Gasteiger partial charge in [0.15, 0.2) is 0 Å². The zero-order valence-electron chi connectivity index (χ0n) is 16.3. The summed E-state index contributed by atoms with van der Waals surface area (Å²) in [5.74, 6) is 0.469. The van der Waals surface area contributed by atoms with E-state index in [1.165, 1.54) is 11.3 Å². The fourth-order valence-electron chi connectivity index (χ4n) is 3.84. The highest BCUT2D eigenvalue weighted by molar-refractivity contribution is 5.89. The lowest BCUT2D eigenvalue weighted by Gasteiger charge is -2.32. The molecule has 1 aliphatic heterocycles. The number of fused-ring (bicyclic) bond motifs is 1. The Labute approximate surface area is 165 Å². The molecule has 3 aromatic rings. The highest BCUT2D eigenvalue weighted by Crippen LogP contribution is 2.19. The minimum Gasteiger partial charge on any atom is -0.338 e. The maximum absolute atomic E-state index is 12.2. The maximum Gasteiger partial charge on any atom is 0.319 e. The second-order valence-corrected chi connectivity index (χ2v) is 7.62. The first-order chi connectivity index (χ1) is 13.7. The number of nitrogens with one attached hydrogen (secondary N) is 2. The Balaban J connectivity index is 1.28. The van der Waals surface area contributed by atoms with Gasteiger partial charge in [0.1, 0.15) is 5.65 Å². The van der Waals surface area contributed by atoms with Gasteiger partial charge in [-0.25, -0.2) is 9.78 Å². The number of imidazole rings is 1. The molecule has 2 amide bonds. The van der Waals surface area contributed by atoms with Gasteiger partial charge in [-0.3, -0.25) is 4.90 Å². The third-order valence-electron chi connectivity index (χ3n) is 5.34. The molecule has 1 aliphatic rings. The van der Waals surface area contributed by atoms with Crippen LogP contribution in [0.5, 0.6) is 0 Å². The molecule has 6 heteroatoms. The molecule has 1 aromatic carbocycles. The Morgan fingerprint density at radius 2 is 2.07 bits per heavy atom. The smallest absolute Gasteiger partial charge is 0.319 e. The number of hydrogen-bond acceptors (Lipinski definition) is 3. The Morgan fingerprint density at radius 1 is 1.21 bits per heavy atom. The van der Waals surface area contributed by atoms with Gasteiger partial charge in [-0.2, -0.15) is 0 Å². The van der Waals surface area contributed by atoms with Crippen molar-refractivity contribution in [2.24, 2.45) is 5.92 Å². The second kappa shape index (κ2) is 8.44. The van der Waals surface area contributed by atoms with E-state index >= 15 is 0 Å². The SMILES string of the molecule is Cc1ccc(NC(=O)NC[C@H]2CCCN(Cc3cnc4ccccn34)C2)cc1. The summed E-state index contributed by atoms with van der Waals surface area (Å²) in [6.07, 6.45) is 6.33. The topological polar surface area (TPSA) is 61.7 Å². The molecule has 0 aliphatic carbocycles. The largest absolute Gasteiger partial charge is 0.338 e. The molecule has 0 saturated carbocycles. The average molecular weight is 377 g/mol. The van der Waals surface area contributed by atoms with E-state index in [2.05, 4.69) is 31.1 Å². The van der Waals surface area contributed by atoms with Crippen LogP contribution in [0.15, 0.2) is 54.9 Å². The van der Waals surface area contributed by atoms with Gasteiger partial charge in [-0.05, 0) is 56.5 Å². The monoisotopic (exact) mass is 377 g/mol. The van der Waals surface area contributed by atoms with Crippen LogP contribution in [-0.4, -0.2) is 39.9 Å². The Kier molecular flexibility index (Phi) is 5.58. The molecule has 2 N–H and O–H groups in total. The van der Waals surface area contributed by atoms with Crippen molar-refractivity contribution in [3.05, 3.63) is 66.1 Å². The van der Waals surface area contributed by atoms with E-state index in [1.54, 1.807) is 0 Å². The predicted molar refractivity (Wildman–Crippen MR) is 111 cm³/mol. The van der Waals surface area contributed by atoms with E-state index in [0.29, 0.717) is 12.5 Å². The molecule has 146 valence electrons. The normalized spacial score (nSPS) is 17.5. The van der Waals surface area contributed by atoms with Crippen molar-refractivity contribution >= 4 is 17.4 Å². The number of hydrogen-bond donors (Lipinski definition) is 2. The van der Waals surface area contributed by atoms with Gasteiger partial charge < -0.3 is 15.0 Å². The van der Waals surface area contributed by atoms with Crippen LogP contribution >= 0.6 is 0 Å². The lowest BCUT2D eigenvalue weighted by Crippen LogP contribution is -2.41. The number of piperidine rings is 1. The van der Waals surface area contributed by atoms with Crippen LogP contribution in [0.25, 0.3) is 5.65 Å². The summed E-state index contributed by atoms with van der Waals surface area (Å²) < 4.78 is 2.15. The number of carbonyl (C=O) groups excluding carboxylic acids is 1. The Bertz CT molecular complexity index is 934. The molecule has 2 aromatic heterocycles. The van der Waals surface area contributed by atoms with Crippen LogP contribution in [0, 0.1) is 12.8 Å². The quantitative estimate of drug-likeness (QED) is 0.713. The highest BCUT2D eigenvalue weighted by Gasteiger charge is 2.21. The molecular weight excluding hydrogens is 350 g/mol. The minimum atomic E-state index is -0.136. The summed E-state index contributed by atoms with van der Waals surface area (Å²) in [5.41, 5.74) is 4.20. The van der Waals surface area contributed by atoms with Crippen LogP contribution in [0.4, 0.5) is 10.5 Å². The standard InChI is InChI=1S/C22H27N5O/c1-17-7-9-19(10-8-17)25-22(28)24-13-18-5-4-11-26(15-18)16-20-14-23-21-6-2-3-12-27(20)21/h2-3,6-10,12,14,18H,4-5,11,13,15-16H2,1H3,(H2,24,25,28)/t18-/m1/s1. The lowest BCUT2D eigenvalue weighted by atomic mass is 9.98. The van der Waals surface area contributed by atoms with Gasteiger partial charge >= 0.3 is 6.03 Å². The fraction of sp³-hybridized carbons (Fsp3) is 0.364. The summed E-state index contributed by atoms with van der Waals surface area (Å²) in [7, 11) is 0. The van der Waals surface area contributed by atoms with Gasteiger partial charge in [-0.1, -0.05) is 23.8 Å². The molecular formula is C22H27N5O. The van der Waals surface area contributed by atoms with E-state index < -0.39 is 0 Å². The summed E-state index contributed by atoms with van der Waals surface area (Å²) in [4.78, 5) is 19.1. The van der Waals surface area contributed by atoms with Crippen LogP contribution < -0.4 is 10.6 Å². The molecule has 1 atom stereocenters. The van der Waals surface area contributed by atoms with E-state index in [-0.39, 0.29) is 6.03 Å². The lowest BCUT2D eigenvalue weighted by molar-refractivity contribution is 0.164. The fourth-order valence-corrected chi connectivity index (χ4v) is 3.84. The number of anilines is 1. The van der Waals surface area contributed by atoms with Crippen LogP contribution in [0.1, 0.15) is 24.1 Å². The first-order valence-electron chi connectivity index (χ1n) is 9.92. The number of amides is 2. The summed E-state index contributed by atoms with van der Waals surface area (Å²) in [6, 6.07) is 13.8. The number of rotatable bonds is 5. The molecule has 0 spiro atoms. The molecule has 1 saturated heterocycles. The molecule has 4 rings (SSSR count). The van der Waals surface area contributed by atoms with Gasteiger partial charge in [-0.15, -0.1) is 0 Å². The predicted octanol–water partition coefficient (Wildman–Crippen LogP) is 3.68. The van der Waals surface area contributed by atoms with Crippen molar-refractivity contribution in [1.82, 2.24) is 19.6 Å². The van der Waals surface area contributed by atoms with E-state index in [4.69, 9.17) is 0 Å². The third-order valence-corrected chi connectivity index (χ3v) is 5.34. The summed E-state index contributed by atoms with van der Waals surface area (Å²) in [5, 5.41) is 5.93. The third kappa shape index (κ3) is 4.51. The van der Waals surface area contributed by atoms with Crippen molar-refractivity contribution in [3.63, 3.8) is 0 Å². The number of pyridine rings is 1. The van der Waals surface area contributed by atoms with Crippen molar-refractivity contribution in [2.75, 3.05) is 25.0 Å². The number of aryl methyl sites for hydroxylation is 1. The first kappa shape index (κ1) is 18.5. The number of benzene rings is 1. The average Bonchev–Trinajstić information content (AvgIpc) is 3.11. The van der Waals surface area contributed by atoms with Crippen molar-refractivity contribution in [1.29, 1.82) is 0 Å². The van der Waals surface area contributed by atoms with E-state index in [9.17, 15) is 4.79 Å². The number of carbonyl (C=O) groups is 1. The minimum absolute atomic E-state index is 0.136. The van der Waals surface area contributed by atoms with E-state index in [1.807, 2.05) is 55.6 Å². The number of nitrogens with zero attached hydrogens (tertiary/aromatic N) is 3. The van der Waals surface area contributed by atoms with Crippen LogP contribution in [0.3, 0.4) is 0 Å². The van der Waals surface area contributed by atoms with Gasteiger partial charge in [0, 0.05) is 31.5 Å². The molecule has 3 heterocycles. The van der Waals surface area contributed by atoms with E-state index in [0.717, 1.165) is 43.8 Å². The molecule has 1 fully saturated rings. The highest BCUT2D eigenvalue weighted by atomic mass is 16.2. The van der Waals surface area contributed by atoms with Crippen molar-refractivity contribution in [2.45, 2.75) is 26.3 Å². The Morgan fingerprint density at radius 3 is 2.93 bits per heavy atom. The number of urea groups is 1. The van der Waals surface area contributed by atoms with Crippen LogP contribution in [0.2, 0.25) is 0 Å². The molecule has 6 nitrogen and oxygen atoms in total. The first-order valence-corrected chi connectivity index (χ1v) is 9.92. The van der Waals surface area contributed by atoms with Gasteiger partial charge in [0.2, 0.25) is 0 Å². The summed E-state index contributed by atoms with van der Waals surface area (Å²) in [6.45, 7) is 5.70. The second-order valence-electron chi connectivity index (χ2n) is 7.62. The van der Waals surface area contributed by atoms with Crippen molar-refractivity contribution in [3.8, 4) is 0 Å². The number of likely N-dealkylation sites (tertiary alicyclic amines) is 1. The Hall–Kier alpha value is -2.86. The zero-order valence-corrected chi connectivity index (χ0v) is 16.3. The van der Waals surface area contributed by atoms with Gasteiger partial charge in [0.25, 0.3) is 0 Å². The molecule has 0 radical (unpaired) electrons. The van der Waals surface area contributed by atoms with Crippen LogP contribution in [-0.2, 0) is 6.54 Å². The maximum atomic E-state index is 12.2. The van der Waals surface area contributed by atoms with Gasteiger partial charge in [0.05, 0.1) is 11.9 Å². The molecule has 28 heavy (non-hydrogen) atoms. The molecule has 0 unspecified atom stereocenters.